The number of carbonyl (C=O) groups excluding carboxylic acids is 2. The van der Waals surface area contributed by atoms with Gasteiger partial charge in [-0.15, -0.1) is 0 Å². The van der Waals surface area contributed by atoms with E-state index in [0.29, 0.717) is 30.0 Å². The van der Waals surface area contributed by atoms with Gasteiger partial charge in [0.25, 0.3) is 0 Å². The number of fused-ring (bicyclic) bond motifs is 1. The maximum Gasteiger partial charge on any atom is 0.414 e. The first kappa shape index (κ1) is 22.3. The van der Waals surface area contributed by atoms with Crippen molar-refractivity contribution in [3.63, 3.8) is 0 Å². The Morgan fingerprint density at radius 3 is 2.76 bits per heavy atom. The van der Waals surface area contributed by atoms with Gasteiger partial charge in [0.1, 0.15) is 6.10 Å². The molecule has 4 rings (SSSR count). The molecule has 0 radical (unpaired) electrons. The first-order valence-electron chi connectivity index (χ1n) is 10.8. The number of amides is 2. The normalized spacial score (nSPS) is 15.8. The quantitative estimate of drug-likeness (QED) is 0.515. The lowest BCUT2D eigenvalue weighted by molar-refractivity contribution is -0.125. The molecule has 3 heterocycles. The van der Waals surface area contributed by atoms with Gasteiger partial charge in [0.15, 0.2) is 0 Å². The van der Waals surface area contributed by atoms with Gasteiger partial charge in [-0.2, -0.15) is 0 Å². The van der Waals surface area contributed by atoms with Crippen molar-refractivity contribution in [2.45, 2.75) is 19.4 Å². The maximum absolute atomic E-state index is 12.7. The Morgan fingerprint density at radius 2 is 2.03 bits per heavy atom. The van der Waals surface area contributed by atoms with Crippen molar-refractivity contribution in [3.8, 4) is 5.88 Å². The fraction of sp³-hybridized carbons (Fsp3) is 0.280. The molecule has 0 bridgehead atoms. The molecule has 1 aromatic carbocycles. The highest BCUT2D eigenvalue weighted by molar-refractivity contribution is 5.95. The van der Waals surface area contributed by atoms with Crippen LogP contribution >= 0.6 is 0 Å². The van der Waals surface area contributed by atoms with Crippen LogP contribution in [0.3, 0.4) is 0 Å². The van der Waals surface area contributed by atoms with Crippen molar-refractivity contribution >= 4 is 34.8 Å². The first-order chi connectivity index (χ1) is 16.0. The Bertz CT molecular complexity index is 1190. The van der Waals surface area contributed by atoms with Crippen LogP contribution in [0.1, 0.15) is 18.1 Å². The second-order valence-electron chi connectivity index (χ2n) is 7.81. The zero-order valence-electron chi connectivity index (χ0n) is 18.9. The third kappa shape index (κ3) is 4.95. The number of nitrogens with zero attached hydrogens (tertiary/aromatic N) is 4. The molecule has 2 aromatic heterocycles. The molecule has 1 aliphatic heterocycles. The lowest BCUT2D eigenvalue weighted by Crippen LogP contribution is -2.35. The van der Waals surface area contributed by atoms with Crippen molar-refractivity contribution in [2.24, 2.45) is 0 Å². The predicted octanol–water partition coefficient (Wildman–Crippen LogP) is 3.70. The molecule has 0 saturated carbocycles. The van der Waals surface area contributed by atoms with E-state index in [1.54, 1.807) is 43.5 Å². The minimum Gasteiger partial charge on any atom is -0.481 e. The summed E-state index contributed by atoms with van der Waals surface area (Å²) >= 11 is 0. The molecular formula is C25H26N4O4. The highest BCUT2D eigenvalue weighted by Crippen LogP contribution is 2.23. The number of likely N-dealkylation sites (N-methyl/N-ethyl adjacent to an activating group) is 1. The van der Waals surface area contributed by atoms with Crippen molar-refractivity contribution in [1.82, 2.24) is 14.9 Å². The molecule has 0 spiro atoms. The second-order valence-corrected chi connectivity index (χ2v) is 7.81. The number of aromatic nitrogens is 2. The molecule has 0 aliphatic carbocycles. The molecule has 2 amide bonds. The van der Waals surface area contributed by atoms with Crippen LogP contribution in [0.5, 0.6) is 5.88 Å². The van der Waals surface area contributed by atoms with Crippen LogP contribution in [-0.2, 0) is 16.0 Å². The van der Waals surface area contributed by atoms with Gasteiger partial charge in [0, 0.05) is 36.6 Å². The molecule has 1 atom stereocenters. The van der Waals surface area contributed by atoms with E-state index in [-0.39, 0.29) is 5.91 Å². The van der Waals surface area contributed by atoms with Gasteiger partial charge in [-0.1, -0.05) is 19.1 Å². The Kier molecular flexibility index (Phi) is 6.53. The van der Waals surface area contributed by atoms with Crippen LogP contribution in [0, 0.1) is 0 Å². The molecule has 1 saturated heterocycles. The molecule has 1 fully saturated rings. The van der Waals surface area contributed by atoms with Gasteiger partial charge in [-0.3, -0.25) is 14.7 Å². The maximum atomic E-state index is 12.7. The van der Waals surface area contributed by atoms with Crippen molar-refractivity contribution in [1.29, 1.82) is 0 Å². The number of methoxy groups -OCH3 is 1. The molecule has 8 nitrogen and oxygen atoms in total. The summed E-state index contributed by atoms with van der Waals surface area (Å²) in [7, 11) is 3.24. The summed E-state index contributed by atoms with van der Waals surface area (Å²) in [6, 6.07) is 13.2. The highest BCUT2D eigenvalue weighted by Gasteiger charge is 2.33. The fourth-order valence-electron chi connectivity index (χ4n) is 3.70. The van der Waals surface area contributed by atoms with Crippen LogP contribution in [-0.4, -0.2) is 60.2 Å². The topological polar surface area (TPSA) is 84.9 Å². The Hall–Kier alpha value is -3.94. The van der Waals surface area contributed by atoms with Crippen LogP contribution < -0.4 is 9.64 Å². The number of aryl methyl sites for hydroxylation is 1. The summed E-state index contributed by atoms with van der Waals surface area (Å²) in [5, 5.41) is 0. The molecule has 33 heavy (non-hydrogen) atoms. The minimum atomic E-state index is -0.404. The lowest BCUT2D eigenvalue weighted by atomic mass is 10.1. The number of hydrogen-bond acceptors (Lipinski definition) is 6. The summed E-state index contributed by atoms with van der Waals surface area (Å²) < 4.78 is 10.7. The SMILES string of the molecule is CCc1ccc(N2C[C@@H](CN(C)C(=O)C=Cc3ccnc4ccc(OC)nc34)OC2=O)cc1. The third-order valence-corrected chi connectivity index (χ3v) is 5.59. The van der Waals surface area contributed by atoms with Crippen LogP contribution in [0.15, 0.2) is 54.7 Å². The molecule has 8 heteroatoms. The average molecular weight is 447 g/mol. The molecule has 1 aliphatic rings. The summed E-state index contributed by atoms with van der Waals surface area (Å²) in [6.07, 6.45) is 4.99. The summed E-state index contributed by atoms with van der Waals surface area (Å²) in [5.74, 6) is 0.273. The smallest absolute Gasteiger partial charge is 0.414 e. The van der Waals surface area contributed by atoms with Gasteiger partial charge in [0.2, 0.25) is 11.8 Å². The van der Waals surface area contributed by atoms with Gasteiger partial charge in [-0.05, 0) is 42.3 Å². The van der Waals surface area contributed by atoms with Crippen LogP contribution in [0.25, 0.3) is 17.1 Å². The van der Waals surface area contributed by atoms with E-state index in [2.05, 4.69) is 16.9 Å². The van der Waals surface area contributed by atoms with E-state index in [9.17, 15) is 9.59 Å². The van der Waals surface area contributed by atoms with E-state index in [1.165, 1.54) is 16.5 Å². The van der Waals surface area contributed by atoms with Crippen molar-refractivity contribution in [3.05, 3.63) is 65.9 Å². The zero-order valence-corrected chi connectivity index (χ0v) is 18.9. The van der Waals surface area contributed by atoms with E-state index in [1.807, 2.05) is 30.3 Å². The summed E-state index contributed by atoms with van der Waals surface area (Å²) in [5.41, 5.74) is 4.12. The van der Waals surface area contributed by atoms with E-state index >= 15 is 0 Å². The molecule has 170 valence electrons. The number of carbonyl (C=O) groups is 2. The van der Waals surface area contributed by atoms with E-state index in [4.69, 9.17) is 9.47 Å². The second kappa shape index (κ2) is 9.68. The zero-order chi connectivity index (χ0) is 23.4. The molecule has 3 aromatic rings. The number of rotatable bonds is 7. The first-order valence-corrected chi connectivity index (χ1v) is 10.8. The van der Waals surface area contributed by atoms with Gasteiger partial charge < -0.3 is 14.4 Å². The predicted molar refractivity (Wildman–Crippen MR) is 126 cm³/mol. The monoisotopic (exact) mass is 446 g/mol. The summed E-state index contributed by atoms with van der Waals surface area (Å²) in [6.45, 7) is 2.77. The van der Waals surface area contributed by atoms with E-state index in [0.717, 1.165) is 17.7 Å². The van der Waals surface area contributed by atoms with Gasteiger partial charge >= 0.3 is 6.09 Å². The van der Waals surface area contributed by atoms with Gasteiger partial charge in [-0.25, -0.2) is 9.78 Å². The lowest BCUT2D eigenvalue weighted by Gasteiger charge is -2.18. The van der Waals surface area contributed by atoms with Crippen molar-refractivity contribution in [2.75, 3.05) is 32.1 Å². The van der Waals surface area contributed by atoms with Crippen LogP contribution in [0.4, 0.5) is 10.5 Å². The average Bonchev–Trinajstić information content (AvgIpc) is 3.21. The van der Waals surface area contributed by atoms with Crippen LogP contribution in [0.2, 0.25) is 0 Å². The standard InChI is InChI=1S/C25H26N4O4/c1-4-17-5-8-19(9-6-17)29-16-20(33-25(29)31)15-28(2)23(30)12-7-18-13-14-26-21-10-11-22(32-3)27-24(18)21/h5-14,20H,4,15-16H2,1-3H3/t20-/m1/s1. The van der Waals surface area contributed by atoms with E-state index < -0.39 is 12.2 Å². The highest BCUT2D eigenvalue weighted by atomic mass is 16.6. The molecule has 0 unspecified atom stereocenters. The molecule has 0 N–H and O–H groups in total. The largest absolute Gasteiger partial charge is 0.481 e. The number of anilines is 1. The van der Waals surface area contributed by atoms with Gasteiger partial charge in [0.05, 0.1) is 31.2 Å². The fourth-order valence-corrected chi connectivity index (χ4v) is 3.70. The number of ether oxygens (including phenoxy) is 2. The number of pyridine rings is 2. The Morgan fingerprint density at radius 1 is 1.24 bits per heavy atom. The number of cyclic esters (lactones) is 1. The third-order valence-electron chi connectivity index (χ3n) is 5.59. The molecular weight excluding hydrogens is 420 g/mol. The Labute approximate surface area is 192 Å². The Balaban J connectivity index is 1.40. The minimum absolute atomic E-state index is 0.204. The number of hydrogen-bond donors (Lipinski definition) is 0. The van der Waals surface area contributed by atoms with Crippen molar-refractivity contribution < 1.29 is 19.1 Å². The summed E-state index contributed by atoms with van der Waals surface area (Å²) in [4.78, 5) is 36.9. The number of benzene rings is 1.